The summed E-state index contributed by atoms with van der Waals surface area (Å²) in [6, 6.07) is 97.5. The van der Waals surface area contributed by atoms with Gasteiger partial charge < -0.3 is 18.1 Å². The van der Waals surface area contributed by atoms with Gasteiger partial charge in [-0.1, -0.05) is 224 Å². The molecule has 1 aliphatic heterocycles. The van der Waals surface area contributed by atoms with Gasteiger partial charge in [0.1, 0.15) is 11.0 Å². The van der Waals surface area contributed by atoms with E-state index >= 15 is 0 Å². The fourth-order valence-electron chi connectivity index (χ4n) is 11.5. The third-order valence-electron chi connectivity index (χ3n) is 17.3. The molecule has 0 amide bonds. The molecule has 12 nitrogen and oxygen atoms in total. The molecule has 96 heavy (non-hydrogen) atoms. The molecular formula is C82H60BClN8O4. The van der Waals surface area contributed by atoms with Crippen LogP contribution in [0.4, 0.5) is 0 Å². The zero-order valence-corrected chi connectivity index (χ0v) is 53.6. The normalized spacial score (nSPS) is 13.1. The smallest absolute Gasteiger partial charge is 0.436 e. The van der Waals surface area contributed by atoms with Crippen LogP contribution in [0.15, 0.2) is 300 Å². The van der Waals surface area contributed by atoms with Gasteiger partial charge in [0, 0.05) is 38.9 Å². The van der Waals surface area contributed by atoms with Crippen LogP contribution in [0.3, 0.4) is 0 Å². The largest absolute Gasteiger partial charge is 0.494 e. The van der Waals surface area contributed by atoms with Gasteiger partial charge in [-0.15, -0.1) is 0 Å². The Bertz CT molecular complexity index is 5320. The third kappa shape index (κ3) is 12.9. The number of aromatic nitrogens is 8. The van der Waals surface area contributed by atoms with Crippen LogP contribution in [0.25, 0.3) is 146 Å². The monoisotopic (exact) mass is 1270 g/mol. The van der Waals surface area contributed by atoms with E-state index in [4.69, 9.17) is 54.7 Å². The van der Waals surface area contributed by atoms with Crippen molar-refractivity contribution in [2.45, 2.75) is 38.9 Å². The minimum atomic E-state index is -0.359. The second kappa shape index (κ2) is 26.1. The van der Waals surface area contributed by atoms with E-state index < -0.39 is 0 Å². The Hall–Kier alpha value is -11.6. The number of fused-ring (bicyclic) bond motifs is 4. The van der Waals surface area contributed by atoms with Gasteiger partial charge in [-0.05, 0) is 155 Å². The quantitative estimate of drug-likeness (QED) is 0.120. The van der Waals surface area contributed by atoms with Gasteiger partial charge in [0.15, 0.2) is 40.3 Å². The molecule has 5 heterocycles. The van der Waals surface area contributed by atoms with Gasteiger partial charge in [0.05, 0.1) is 11.2 Å². The third-order valence-corrected chi connectivity index (χ3v) is 17.5. The number of halogens is 1. The van der Waals surface area contributed by atoms with Gasteiger partial charge in [-0.25, -0.2) is 29.9 Å². The summed E-state index contributed by atoms with van der Waals surface area (Å²) in [4.78, 5) is 36.9. The molecule has 12 aromatic carbocycles. The molecule has 16 aromatic rings. The average Bonchev–Trinajstić information content (AvgIpc) is 1.49. The van der Waals surface area contributed by atoms with Crippen molar-refractivity contribution in [1.82, 2.24) is 39.9 Å². The van der Waals surface area contributed by atoms with Crippen molar-refractivity contribution < 1.29 is 18.1 Å². The molecule has 0 saturated carbocycles. The topological polar surface area (TPSA) is 148 Å². The molecule has 4 aromatic heterocycles. The summed E-state index contributed by atoms with van der Waals surface area (Å²) in [5.41, 5.74) is 14.7. The van der Waals surface area contributed by atoms with Crippen molar-refractivity contribution in [2.75, 3.05) is 0 Å². The van der Waals surface area contributed by atoms with Gasteiger partial charge in [0.25, 0.3) is 0 Å². The lowest BCUT2D eigenvalue weighted by atomic mass is 9.78. The lowest BCUT2D eigenvalue weighted by Gasteiger charge is -2.32. The first-order chi connectivity index (χ1) is 46.9. The van der Waals surface area contributed by atoms with Crippen LogP contribution in [0, 0.1) is 0 Å². The second-order valence-corrected chi connectivity index (χ2v) is 24.7. The van der Waals surface area contributed by atoms with Crippen molar-refractivity contribution >= 4 is 67.9 Å². The molecule has 0 spiro atoms. The number of hydrogen-bond acceptors (Lipinski definition) is 12. The molecule has 17 rings (SSSR count). The van der Waals surface area contributed by atoms with Crippen molar-refractivity contribution in [1.29, 1.82) is 0 Å². The first-order valence-electron chi connectivity index (χ1n) is 31.6. The molecule has 0 unspecified atom stereocenters. The molecule has 462 valence electrons. The van der Waals surface area contributed by atoms with Gasteiger partial charge >= 0.3 is 7.12 Å². The maximum atomic E-state index is 6.23. The Morgan fingerprint density at radius 1 is 0.271 bits per heavy atom. The number of rotatable bonds is 10. The summed E-state index contributed by atoms with van der Waals surface area (Å²) >= 11 is 5.99. The first kappa shape index (κ1) is 60.6. The van der Waals surface area contributed by atoms with Gasteiger partial charge in [0.2, 0.25) is 17.1 Å². The van der Waals surface area contributed by atoms with Crippen LogP contribution < -0.4 is 5.46 Å². The number of nitrogens with zero attached hydrogens (tertiary/aromatic N) is 8. The van der Waals surface area contributed by atoms with Crippen LogP contribution >= 0.6 is 11.6 Å². The Labute approximate surface area is 560 Å². The van der Waals surface area contributed by atoms with Crippen LogP contribution in [0.5, 0.6) is 0 Å². The molecule has 0 atom stereocenters. The highest BCUT2D eigenvalue weighted by Crippen LogP contribution is 2.38. The summed E-state index contributed by atoms with van der Waals surface area (Å²) in [6.45, 7) is 8.31. The van der Waals surface area contributed by atoms with Crippen LogP contribution in [0.2, 0.25) is 5.28 Å². The van der Waals surface area contributed by atoms with Crippen molar-refractivity contribution in [3.63, 3.8) is 0 Å². The summed E-state index contributed by atoms with van der Waals surface area (Å²) in [5.74, 6) is 4.38. The molecule has 1 fully saturated rings. The lowest BCUT2D eigenvalue weighted by Crippen LogP contribution is -2.41. The second-order valence-electron chi connectivity index (χ2n) is 24.3. The fourth-order valence-corrected chi connectivity index (χ4v) is 11.6. The lowest BCUT2D eigenvalue weighted by molar-refractivity contribution is 0.00578. The first-order valence-corrected chi connectivity index (χ1v) is 32.0. The summed E-state index contributed by atoms with van der Waals surface area (Å²) < 4.78 is 24.4. The van der Waals surface area contributed by atoms with Crippen molar-refractivity contribution in [2.24, 2.45) is 0 Å². The highest BCUT2D eigenvalue weighted by atomic mass is 35.5. The van der Waals surface area contributed by atoms with Crippen LogP contribution in [-0.2, 0) is 9.31 Å². The van der Waals surface area contributed by atoms with Crippen LogP contribution in [-0.4, -0.2) is 58.2 Å². The van der Waals surface area contributed by atoms with Gasteiger partial charge in [-0.3, -0.25) is 0 Å². The van der Waals surface area contributed by atoms with Gasteiger partial charge in [-0.2, -0.15) is 9.97 Å². The fraction of sp³-hybridized carbons (Fsp3) is 0.0732. The molecule has 0 bridgehead atoms. The average molecular weight is 1270 g/mol. The van der Waals surface area contributed by atoms with E-state index in [0.29, 0.717) is 40.9 Å². The maximum absolute atomic E-state index is 6.23. The number of benzene rings is 12. The Kier molecular flexibility index (Phi) is 16.5. The molecule has 1 saturated heterocycles. The molecule has 14 heteroatoms. The Balaban J connectivity index is 0.000000127. The standard InChI is InChI=1S/C38H24N4O.C29H26BNO3.C15H10ClN3/c1-4-10-25(11-5-1)35-40-36(26-12-6-2-7-13-26)42-37(41-35)32-19-18-28-22-29(16-17-30(28)23-32)31-20-21-34-33(24-31)39-38(43-34)27-14-8-3-9-15-27;1-28(2)29(3,4)34-30(33-28)24-14-12-21-16-20(10-11-22(21)17-24)23-13-15-26-25(18-23)31-27(32-26)19-8-6-5-7-9-19;16-15-18-13(11-7-3-1-4-8-11)17-14(19-15)12-9-5-2-6-10-12/h1-24H;5-18H,1-4H3;1-10H. The Morgan fingerprint density at radius 2 is 0.562 bits per heavy atom. The van der Waals surface area contributed by atoms with E-state index in [9.17, 15) is 0 Å². The Morgan fingerprint density at radius 3 is 0.948 bits per heavy atom. The molecular weight excluding hydrogens is 1210 g/mol. The van der Waals surface area contributed by atoms with E-state index in [1.807, 2.05) is 194 Å². The van der Waals surface area contributed by atoms with E-state index in [1.165, 1.54) is 5.39 Å². The predicted molar refractivity (Wildman–Crippen MR) is 386 cm³/mol. The van der Waals surface area contributed by atoms with E-state index in [-0.39, 0.29) is 23.6 Å². The number of hydrogen-bond donors (Lipinski definition) is 0. The minimum Gasteiger partial charge on any atom is -0.436 e. The van der Waals surface area contributed by atoms with E-state index in [0.717, 1.165) is 105 Å². The maximum Gasteiger partial charge on any atom is 0.494 e. The predicted octanol–water partition coefficient (Wildman–Crippen LogP) is 20.0. The van der Waals surface area contributed by atoms with Crippen molar-refractivity contribution in [3.05, 3.63) is 296 Å². The summed E-state index contributed by atoms with van der Waals surface area (Å²) in [6.07, 6.45) is 0. The summed E-state index contributed by atoms with van der Waals surface area (Å²) in [5, 5.41) is 4.77. The molecule has 1 aliphatic rings. The summed E-state index contributed by atoms with van der Waals surface area (Å²) in [7, 11) is -0.359. The molecule has 0 radical (unpaired) electrons. The van der Waals surface area contributed by atoms with E-state index in [2.05, 4.69) is 140 Å². The highest BCUT2D eigenvalue weighted by molar-refractivity contribution is 6.62. The zero-order chi connectivity index (χ0) is 65.2. The molecule has 0 N–H and O–H groups in total. The highest BCUT2D eigenvalue weighted by Gasteiger charge is 2.51. The van der Waals surface area contributed by atoms with Crippen molar-refractivity contribution in [3.8, 4) is 102 Å². The molecule has 0 aliphatic carbocycles. The zero-order valence-electron chi connectivity index (χ0n) is 52.9. The minimum absolute atomic E-state index is 0.202. The van der Waals surface area contributed by atoms with Crippen LogP contribution in [0.1, 0.15) is 27.7 Å². The number of oxazole rings is 2. The van der Waals surface area contributed by atoms with E-state index in [1.54, 1.807) is 0 Å². The SMILES string of the molecule is CC1(C)OB(c2ccc3cc(-c4ccc5oc(-c6ccccc6)nc5c4)ccc3c2)OC1(C)C.Clc1nc(-c2ccccc2)nc(-c2ccccc2)n1.c1ccc(-c2nc(-c3ccccc3)nc(-c3ccc4cc(-c5ccc6oc(-c7ccccc7)nc6c5)ccc4c3)n2)cc1.